The Morgan fingerprint density at radius 3 is 2.86 bits per heavy atom. The predicted octanol–water partition coefficient (Wildman–Crippen LogP) is 4.47. The fourth-order valence-electron chi connectivity index (χ4n) is 3.26. The van der Waals surface area contributed by atoms with E-state index < -0.39 is 36.1 Å². The fraction of sp³-hybridized carbons (Fsp3) is 0.389. The van der Waals surface area contributed by atoms with Gasteiger partial charge in [0, 0.05) is 21.6 Å². The van der Waals surface area contributed by atoms with E-state index >= 15 is 0 Å². The van der Waals surface area contributed by atoms with Crippen LogP contribution in [0.25, 0.3) is 10.4 Å². The van der Waals surface area contributed by atoms with Crippen molar-refractivity contribution in [1.29, 1.82) is 0 Å². The molecule has 0 aliphatic carbocycles. The lowest BCUT2D eigenvalue weighted by atomic mass is 9.97. The first-order valence-electron chi connectivity index (χ1n) is 8.74. The number of azide groups is 1. The molecule has 8 nitrogen and oxygen atoms in total. The fourth-order valence-corrected chi connectivity index (χ4v) is 5.07. The number of benzene rings is 1. The minimum atomic E-state index is -1.10. The van der Waals surface area contributed by atoms with Crippen molar-refractivity contribution in [3.63, 3.8) is 0 Å². The largest absolute Gasteiger partial charge is 0.389 e. The van der Waals surface area contributed by atoms with E-state index in [0.29, 0.717) is 14.5 Å². The number of rotatable bonds is 4. The number of aromatic nitrogens is 1. The third kappa shape index (κ3) is 4.55. The molecule has 6 atom stereocenters. The summed E-state index contributed by atoms with van der Waals surface area (Å²) in [6.07, 6.45) is -1.35. The van der Waals surface area contributed by atoms with Gasteiger partial charge in [-0.2, -0.15) is 0 Å². The van der Waals surface area contributed by atoms with E-state index in [1.54, 1.807) is 6.07 Å². The summed E-state index contributed by atoms with van der Waals surface area (Å²) < 4.78 is 18.5. The van der Waals surface area contributed by atoms with Gasteiger partial charge in [0.25, 0.3) is 0 Å². The van der Waals surface area contributed by atoms with Crippen LogP contribution in [0.2, 0.25) is 5.02 Å². The van der Waals surface area contributed by atoms with Crippen LogP contribution in [0.5, 0.6) is 0 Å². The first-order valence-corrected chi connectivity index (χ1v) is 10.8. The van der Waals surface area contributed by atoms with Crippen molar-refractivity contribution >= 4 is 39.3 Å². The smallest absolute Gasteiger partial charge is 0.184 e. The van der Waals surface area contributed by atoms with E-state index in [2.05, 4.69) is 30.9 Å². The third-order valence-electron chi connectivity index (χ3n) is 4.61. The highest BCUT2D eigenvalue weighted by atomic mass is 79.9. The second-order valence-corrected chi connectivity index (χ2v) is 8.79. The zero-order valence-corrected chi connectivity index (χ0v) is 18.0. The third-order valence-corrected chi connectivity index (χ3v) is 6.90. The number of halogens is 2. The Morgan fingerprint density at radius 2 is 2.10 bits per heavy atom. The second-order valence-electron chi connectivity index (χ2n) is 6.47. The number of nitrogens with zero attached hydrogens (tertiary/aromatic N) is 4. The van der Waals surface area contributed by atoms with Gasteiger partial charge >= 0.3 is 0 Å². The minimum Gasteiger partial charge on any atom is -0.389 e. The average molecular weight is 500 g/mol. The zero-order chi connectivity index (χ0) is 20.4. The van der Waals surface area contributed by atoms with Crippen LogP contribution in [0.15, 0.2) is 57.2 Å². The van der Waals surface area contributed by atoms with Crippen LogP contribution in [0.4, 0.5) is 0 Å². The molecule has 0 bridgehead atoms. The highest BCUT2D eigenvalue weighted by Crippen LogP contribution is 2.41. The Hall–Kier alpha value is -1.36. The molecule has 0 spiro atoms. The topological polar surface area (TPSA) is 110 Å². The van der Waals surface area contributed by atoms with Gasteiger partial charge in [-0.05, 0) is 27.5 Å². The first-order chi connectivity index (χ1) is 14.1. The molecule has 0 radical (unpaired) electrons. The molecule has 1 aromatic heterocycles. The van der Waals surface area contributed by atoms with E-state index in [0.717, 1.165) is 5.56 Å². The Labute approximate surface area is 184 Å². The van der Waals surface area contributed by atoms with E-state index in [1.807, 2.05) is 30.3 Å². The quantitative estimate of drug-likeness (QED) is 0.288. The maximum atomic E-state index is 10.9. The molecule has 2 saturated heterocycles. The molecule has 2 aliphatic heterocycles. The standard InChI is InChI=1S/C18H16BrClN4O4S/c19-16-12(6-10(20)7-22-16)29-18-14(25)13(23-24-21)15-11(27-18)8-26-17(28-15)9-4-2-1-3-5-9/h1-7,11,13-15,17-18,25H,8H2/t11-,13-,14-,15+,17?,18-/m1/s1. The number of fused-ring (bicyclic) bond motifs is 1. The van der Waals surface area contributed by atoms with Crippen LogP contribution in [-0.4, -0.2) is 46.5 Å². The van der Waals surface area contributed by atoms with Gasteiger partial charge < -0.3 is 19.3 Å². The summed E-state index contributed by atoms with van der Waals surface area (Å²) in [5, 5.41) is 15.1. The molecule has 4 rings (SSSR count). The lowest BCUT2D eigenvalue weighted by Gasteiger charge is -2.46. The highest BCUT2D eigenvalue weighted by molar-refractivity contribution is 9.10. The van der Waals surface area contributed by atoms with Crippen LogP contribution in [-0.2, 0) is 14.2 Å². The van der Waals surface area contributed by atoms with Crippen molar-refractivity contribution in [3.8, 4) is 0 Å². The minimum absolute atomic E-state index is 0.237. The monoisotopic (exact) mass is 498 g/mol. The van der Waals surface area contributed by atoms with Crippen LogP contribution in [0.1, 0.15) is 11.9 Å². The van der Waals surface area contributed by atoms with Crippen LogP contribution in [0, 0.1) is 0 Å². The number of ether oxygens (including phenoxy) is 3. The Kier molecular flexibility index (Phi) is 6.63. The van der Waals surface area contributed by atoms with E-state index in [4.69, 9.17) is 31.3 Å². The molecule has 11 heteroatoms. The average Bonchev–Trinajstić information content (AvgIpc) is 2.74. The molecular formula is C18H16BrClN4O4S. The van der Waals surface area contributed by atoms with Crippen molar-refractivity contribution in [2.75, 3.05) is 6.61 Å². The van der Waals surface area contributed by atoms with Gasteiger partial charge in [-0.3, -0.25) is 0 Å². The highest BCUT2D eigenvalue weighted by Gasteiger charge is 2.49. The van der Waals surface area contributed by atoms with Crippen molar-refractivity contribution < 1.29 is 19.3 Å². The summed E-state index contributed by atoms with van der Waals surface area (Å²) in [6, 6.07) is 10.3. The summed E-state index contributed by atoms with van der Waals surface area (Å²) in [7, 11) is 0. The van der Waals surface area contributed by atoms with Crippen molar-refractivity contribution in [2.45, 2.75) is 41.0 Å². The first kappa shape index (κ1) is 20.9. The van der Waals surface area contributed by atoms with Gasteiger partial charge in [-0.25, -0.2) is 4.98 Å². The van der Waals surface area contributed by atoms with Crippen LogP contribution in [0.3, 0.4) is 0 Å². The molecule has 1 aromatic carbocycles. The van der Waals surface area contributed by atoms with Crippen molar-refractivity contribution in [1.82, 2.24) is 4.98 Å². The number of aliphatic hydroxyl groups is 1. The summed E-state index contributed by atoms with van der Waals surface area (Å²) in [4.78, 5) is 7.75. The summed E-state index contributed by atoms with van der Waals surface area (Å²) in [5.74, 6) is 0. The number of hydrogen-bond donors (Lipinski definition) is 1. The van der Waals surface area contributed by atoms with Gasteiger partial charge in [0.1, 0.15) is 28.4 Å². The number of hydrogen-bond acceptors (Lipinski definition) is 7. The molecule has 1 unspecified atom stereocenters. The van der Waals surface area contributed by atoms with E-state index in [9.17, 15) is 5.11 Å². The number of pyridine rings is 1. The molecule has 0 saturated carbocycles. The maximum absolute atomic E-state index is 10.9. The Balaban J connectivity index is 1.56. The van der Waals surface area contributed by atoms with Crippen LogP contribution >= 0.6 is 39.3 Å². The Morgan fingerprint density at radius 1 is 1.31 bits per heavy atom. The maximum Gasteiger partial charge on any atom is 0.184 e. The van der Waals surface area contributed by atoms with Gasteiger partial charge in [0.05, 0.1) is 17.7 Å². The lowest BCUT2D eigenvalue weighted by molar-refractivity contribution is -0.297. The summed E-state index contributed by atoms with van der Waals surface area (Å²) >= 11 is 10.6. The Bertz CT molecular complexity index is 920. The summed E-state index contributed by atoms with van der Waals surface area (Å²) in [6.45, 7) is 0.237. The number of aliphatic hydroxyl groups excluding tert-OH is 1. The zero-order valence-electron chi connectivity index (χ0n) is 14.8. The molecule has 2 fully saturated rings. The summed E-state index contributed by atoms with van der Waals surface area (Å²) in [5.41, 5.74) is 9.16. The SMILES string of the molecule is [N-]=[N+]=N[C@@H]1[C@@H](O)[C@@H](Sc2cc(Cl)cnc2Br)O[C@@H]2COC(c3ccccc3)O[C@H]12. The molecule has 29 heavy (non-hydrogen) atoms. The van der Waals surface area contributed by atoms with Crippen molar-refractivity contribution in [3.05, 3.63) is 68.2 Å². The second kappa shape index (κ2) is 9.20. The predicted molar refractivity (Wildman–Crippen MR) is 110 cm³/mol. The lowest BCUT2D eigenvalue weighted by Crippen LogP contribution is -2.60. The number of thioether (sulfide) groups is 1. The molecular weight excluding hydrogens is 484 g/mol. The van der Waals surface area contributed by atoms with Gasteiger partial charge in [0.2, 0.25) is 0 Å². The van der Waals surface area contributed by atoms with E-state index in [-0.39, 0.29) is 6.61 Å². The van der Waals surface area contributed by atoms with Gasteiger partial charge in [-0.15, -0.1) is 0 Å². The van der Waals surface area contributed by atoms with E-state index in [1.165, 1.54) is 18.0 Å². The van der Waals surface area contributed by atoms with Gasteiger partial charge in [-0.1, -0.05) is 58.8 Å². The molecule has 2 aliphatic rings. The molecule has 1 N–H and O–H groups in total. The van der Waals surface area contributed by atoms with Crippen LogP contribution < -0.4 is 0 Å². The van der Waals surface area contributed by atoms with Gasteiger partial charge in [0.15, 0.2) is 6.29 Å². The molecule has 2 aromatic rings. The molecule has 152 valence electrons. The molecule has 0 amide bonds. The molecule has 3 heterocycles. The van der Waals surface area contributed by atoms with Crippen molar-refractivity contribution in [2.24, 2.45) is 5.11 Å². The normalized spacial score (nSPS) is 31.6.